The second-order valence-electron chi connectivity index (χ2n) is 6.09. The molecule has 28 heavy (non-hydrogen) atoms. The largest absolute Gasteiger partial charge is 0.454 e. The smallest absolute Gasteiger partial charge is 0.338 e. The maximum atomic E-state index is 12.1. The van der Waals surface area contributed by atoms with Gasteiger partial charge in [-0.05, 0) is 36.4 Å². The van der Waals surface area contributed by atoms with Crippen molar-refractivity contribution in [2.45, 2.75) is 0 Å². The lowest BCUT2D eigenvalue weighted by Crippen LogP contribution is -2.22. The van der Waals surface area contributed by atoms with E-state index in [0.29, 0.717) is 22.7 Å². The van der Waals surface area contributed by atoms with Gasteiger partial charge in [-0.15, -0.1) is 0 Å². The number of benzene rings is 2. The van der Waals surface area contributed by atoms with Gasteiger partial charge in [0.1, 0.15) is 0 Å². The van der Waals surface area contributed by atoms with Crippen LogP contribution in [0.4, 0.5) is 5.69 Å². The number of halogens is 1. The van der Waals surface area contributed by atoms with Gasteiger partial charge in [-0.2, -0.15) is 0 Å². The highest BCUT2D eigenvalue weighted by molar-refractivity contribution is 6.32. The zero-order valence-corrected chi connectivity index (χ0v) is 15.9. The van der Waals surface area contributed by atoms with Crippen LogP contribution in [0, 0.1) is 0 Å². The van der Waals surface area contributed by atoms with Crippen LogP contribution in [0.25, 0.3) is 0 Å². The predicted octanol–water partition coefficient (Wildman–Crippen LogP) is 2.57. The average molecular weight is 405 g/mol. The van der Waals surface area contributed by atoms with E-state index in [1.165, 1.54) is 17.0 Å². The van der Waals surface area contributed by atoms with Gasteiger partial charge in [-0.3, -0.25) is 9.59 Å². The molecular formula is C19H17ClN2O6. The highest BCUT2D eigenvalue weighted by Gasteiger charge is 2.21. The van der Waals surface area contributed by atoms with Gasteiger partial charge in [0.05, 0.1) is 10.6 Å². The molecule has 2 amide bonds. The Morgan fingerprint density at radius 1 is 1.11 bits per heavy atom. The molecule has 9 heteroatoms. The molecule has 0 bridgehead atoms. The molecule has 1 aliphatic rings. The van der Waals surface area contributed by atoms with Crippen molar-refractivity contribution in [1.29, 1.82) is 0 Å². The fraction of sp³-hybridized carbons (Fsp3) is 0.211. The lowest BCUT2D eigenvalue weighted by molar-refractivity contribution is -0.119. The molecule has 0 saturated heterocycles. The lowest BCUT2D eigenvalue weighted by atomic mass is 10.2. The van der Waals surface area contributed by atoms with Gasteiger partial charge in [0, 0.05) is 25.3 Å². The van der Waals surface area contributed by atoms with Crippen LogP contribution in [0.15, 0.2) is 36.4 Å². The molecule has 0 atom stereocenters. The first-order chi connectivity index (χ1) is 13.3. The molecule has 146 valence electrons. The Kier molecular flexibility index (Phi) is 5.70. The van der Waals surface area contributed by atoms with Crippen LogP contribution >= 0.6 is 11.6 Å². The molecule has 1 aliphatic heterocycles. The third-order valence-corrected chi connectivity index (χ3v) is 4.10. The van der Waals surface area contributed by atoms with Crippen molar-refractivity contribution in [1.82, 2.24) is 4.90 Å². The van der Waals surface area contributed by atoms with Crippen LogP contribution in [0.5, 0.6) is 11.5 Å². The van der Waals surface area contributed by atoms with Crippen molar-refractivity contribution >= 4 is 35.1 Å². The van der Waals surface area contributed by atoms with E-state index in [-0.39, 0.29) is 23.3 Å². The van der Waals surface area contributed by atoms with Crippen molar-refractivity contribution in [3.63, 3.8) is 0 Å². The summed E-state index contributed by atoms with van der Waals surface area (Å²) in [6.45, 7) is -0.460. The number of amides is 2. The summed E-state index contributed by atoms with van der Waals surface area (Å²) >= 11 is 6.02. The Morgan fingerprint density at radius 3 is 2.50 bits per heavy atom. The number of carbonyl (C=O) groups is 3. The van der Waals surface area contributed by atoms with Crippen molar-refractivity contribution in [2.75, 3.05) is 32.8 Å². The molecule has 0 fully saturated rings. The number of nitrogens with one attached hydrogen (secondary N) is 1. The van der Waals surface area contributed by atoms with Crippen molar-refractivity contribution in [2.24, 2.45) is 0 Å². The number of carbonyl (C=O) groups excluding carboxylic acids is 3. The monoisotopic (exact) mass is 404 g/mol. The average Bonchev–Trinajstić information content (AvgIpc) is 3.15. The molecule has 8 nitrogen and oxygen atoms in total. The van der Waals surface area contributed by atoms with Crippen LogP contribution in [0.1, 0.15) is 20.7 Å². The molecule has 2 aromatic carbocycles. The molecule has 2 aromatic rings. The predicted molar refractivity (Wildman–Crippen MR) is 101 cm³/mol. The standard InChI is InChI=1S/C19H17ClN2O6/c1-22(2)18(24)11-3-5-13(6-4-11)21-16(23)9-26-19(25)12-7-14(20)17-15(8-12)27-10-28-17/h3-8H,9-10H2,1-2H3,(H,21,23). The number of esters is 1. The van der Waals surface area contributed by atoms with Gasteiger partial charge in [-0.25, -0.2) is 4.79 Å². The first-order valence-electron chi connectivity index (χ1n) is 8.23. The molecule has 0 saturated carbocycles. The number of fused-ring (bicyclic) bond motifs is 1. The molecule has 0 radical (unpaired) electrons. The maximum absolute atomic E-state index is 12.1. The summed E-state index contributed by atoms with van der Waals surface area (Å²) in [5.74, 6) is -0.674. The summed E-state index contributed by atoms with van der Waals surface area (Å²) in [5, 5.41) is 2.81. The number of nitrogens with zero attached hydrogens (tertiary/aromatic N) is 1. The fourth-order valence-electron chi connectivity index (χ4n) is 2.45. The summed E-state index contributed by atoms with van der Waals surface area (Å²) < 4.78 is 15.4. The first kappa shape index (κ1) is 19.5. The fourth-order valence-corrected chi connectivity index (χ4v) is 2.72. The summed E-state index contributed by atoms with van der Waals surface area (Å²) in [6, 6.07) is 9.20. The minimum absolute atomic E-state index is 0.0227. The van der Waals surface area contributed by atoms with Gasteiger partial charge in [-0.1, -0.05) is 11.6 Å². The number of rotatable bonds is 5. The third kappa shape index (κ3) is 4.34. The Bertz CT molecular complexity index is 927. The van der Waals surface area contributed by atoms with E-state index in [9.17, 15) is 14.4 Å². The molecule has 0 unspecified atom stereocenters. The Hall–Kier alpha value is -3.26. The first-order valence-corrected chi connectivity index (χ1v) is 8.61. The highest BCUT2D eigenvalue weighted by atomic mass is 35.5. The Labute approximate surface area is 165 Å². The molecular weight excluding hydrogens is 388 g/mol. The zero-order valence-electron chi connectivity index (χ0n) is 15.2. The number of hydrogen-bond acceptors (Lipinski definition) is 6. The summed E-state index contributed by atoms with van der Waals surface area (Å²) in [6.07, 6.45) is 0. The lowest BCUT2D eigenvalue weighted by Gasteiger charge is -2.11. The normalized spacial score (nSPS) is 11.7. The van der Waals surface area contributed by atoms with Gasteiger partial charge < -0.3 is 24.4 Å². The zero-order chi connectivity index (χ0) is 20.3. The van der Waals surface area contributed by atoms with E-state index in [1.54, 1.807) is 38.4 Å². The SMILES string of the molecule is CN(C)C(=O)c1ccc(NC(=O)COC(=O)c2cc(Cl)c3c(c2)OCO3)cc1. The van der Waals surface area contributed by atoms with Crippen LogP contribution < -0.4 is 14.8 Å². The molecule has 3 rings (SSSR count). The van der Waals surface area contributed by atoms with Crippen molar-refractivity contribution < 1.29 is 28.6 Å². The van der Waals surface area contributed by atoms with E-state index in [0.717, 1.165) is 0 Å². The van der Waals surface area contributed by atoms with Crippen LogP contribution in [0.3, 0.4) is 0 Å². The molecule has 1 N–H and O–H groups in total. The molecule has 0 spiro atoms. The number of ether oxygens (including phenoxy) is 3. The highest BCUT2D eigenvalue weighted by Crippen LogP contribution is 2.39. The van der Waals surface area contributed by atoms with E-state index < -0.39 is 18.5 Å². The van der Waals surface area contributed by atoms with E-state index >= 15 is 0 Å². The van der Waals surface area contributed by atoms with Gasteiger partial charge in [0.15, 0.2) is 18.1 Å². The quantitative estimate of drug-likeness (QED) is 0.770. The summed E-state index contributed by atoms with van der Waals surface area (Å²) in [7, 11) is 3.30. The van der Waals surface area contributed by atoms with E-state index in [2.05, 4.69) is 5.32 Å². The Balaban J connectivity index is 1.55. The number of hydrogen-bond donors (Lipinski definition) is 1. The van der Waals surface area contributed by atoms with Gasteiger partial charge in [0.25, 0.3) is 11.8 Å². The third-order valence-electron chi connectivity index (χ3n) is 3.82. The van der Waals surface area contributed by atoms with Crippen LogP contribution in [0.2, 0.25) is 5.02 Å². The molecule has 0 aromatic heterocycles. The minimum Gasteiger partial charge on any atom is -0.454 e. The summed E-state index contributed by atoms with van der Waals surface area (Å²) in [5.41, 5.74) is 1.12. The second-order valence-corrected chi connectivity index (χ2v) is 6.50. The van der Waals surface area contributed by atoms with Crippen LogP contribution in [-0.2, 0) is 9.53 Å². The van der Waals surface area contributed by atoms with Gasteiger partial charge >= 0.3 is 5.97 Å². The van der Waals surface area contributed by atoms with Crippen molar-refractivity contribution in [3.8, 4) is 11.5 Å². The molecule has 1 heterocycles. The van der Waals surface area contributed by atoms with Gasteiger partial charge in [0.2, 0.25) is 6.79 Å². The van der Waals surface area contributed by atoms with Crippen LogP contribution in [-0.4, -0.2) is 50.2 Å². The topological polar surface area (TPSA) is 94.2 Å². The molecule has 0 aliphatic carbocycles. The Morgan fingerprint density at radius 2 is 1.82 bits per heavy atom. The van der Waals surface area contributed by atoms with E-state index in [4.69, 9.17) is 25.8 Å². The minimum atomic E-state index is -0.720. The van der Waals surface area contributed by atoms with E-state index in [1.807, 2.05) is 0 Å². The second kappa shape index (κ2) is 8.18. The maximum Gasteiger partial charge on any atom is 0.338 e. The van der Waals surface area contributed by atoms with Crippen molar-refractivity contribution in [3.05, 3.63) is 52.5 Å². The number of anilines is 1. The summed E-state index contributed by atoms with van der Waals surface area (Å²) in [4.78, 5) is 37.4.